The maximum atomic E-state index is 10.3. The number of para-hydroxylation sites is 1. The molecule has 0 spiro atoms. The Labute approximate surface area is 241 Å². The molecule has 3 aromatic carbocycles. The molecule has 0 aliphatic rings. The lowest BCUT2D eigenvalue weighted by Gasteiger charge is -2.06. The average molecular weight is 557 g/mol. The van der Waals surface area contributed by atoms with E-state index >= 15 is 0 Å². The first-order chi connectivity index (χ1) is 20.2. The van der Waals surface area contributed by atoms with Crippen molar-refractivity contribution in [2.45, 2.75) is 0 Å². The lowest BCUT2D eigenvalue weighted by molar-refractivity contribution is 0.414. The summed E-state index contributed by atoms with van der Waals surface area (Å²) in [6, 6.07) is 31.3. The molecule has 0 saturated carbocycles. The normalized spacial score (nSPS) is 11.0. The quantitative estimate of drug-likeness (QED) is 0.177. The van der Waals surface area contributed by atoms with Crippen molar-refractivity contribution in [1.82, 2.24) is 9.78 Å². The highest BCUT2D eigenvalue weighted by Gasteiger charge is 2.23. The minimum Gasteiger partial charge on any atom is -0.497 e. The predicted molar refractivity (Wildman–Crippen MR) is 162 cm³/mol. The number of aromatic nitrogens is 2. The third-order valence-corrected chi connectivity index (χ3v) is 7.45. The predicted octanol–water partition coefficient (Wildman–Crippen LogP) is 8.17. The Morgan fingerprint density at radius 3 is 2.17 bits per heavy atom. The van der Waals surface area contributed by atoms with Crippen molar-refractivity contribution in [3.8, 4) is 56.3 Å². The van der Waals surface area contributed by atoms with Gasteiger partial charge in [0.25, 0.3) is 0 Å². The summed E-state index contributed by atoms with van der Waals surface area (Å²) in [5, 5.41) is 17.2. The molecule has 0 fully saturated rings. The zero-order valence-electron chi connectivity index (χ0n) is 22.3. The van der Waals surface area contributed by atoms with Crippen molar-refractivity contribution in [3.05, 3.63) is 114 Å². The van der Waals surface area contributed by atoms with Crippen LogP contribution in [0.3, 0.4) is 0 Å². The maximum Gasteiger partial charge on any atom is 0.238 e. The Balaban J connectivity index is 1.48. The summed E-state index contributed by atoms with van der Waals surface area (Å²) in [6.45, 7) is 0. The SMILES string of the molecule is COc1ccc(-c2oc(N=Cc3cn(-c4ccccc4)nc3-c3cccs3)c(C#N)c2-c2ccc(OC)cc2)cc1. The summed E-state index contributed by atoms with van der Waals surface area (Å²) in [4.78, 5) is 5.73. The topological polar surface area (TPSA) is 85.6 Å². The number of rotatable bonds is 8. The Morgan fingerprint density at radius 1 is 0.878 bits per heavy atom. The van der Waals surface area contributed by atoms with Crippen LogP contribution in [0.15, 0.2) is 112 Å². The molecule has 3 aromatic heterocycles. The Morgan fingerprint density at radius 2 is 1.56 bits per heavy atom. The molecule has 0 saturated heterocycles. The zero-order valence-corrected chi connectivity index (χ0v) is 23.1. The van der Waals surface area contributed by atoms with E-state index in [0.717, 1.165) is 44.4 Å². The molecule has 6 aromatic rings. The van der Waals surface area contributed by atoms with E-state index in [1.54, 1.807) is 31.8 Å². The van der Waals surface area contributed by atoms with Crippen LogP contribution in [-0.4, -0.2) is 30.2 Å². The molecular weight excluding hydrogens is 532 g/mol. The number of nitrogens with zero attached hydrogens (tertiary/aromatic N) is 4. The van der Waals surface area contributed by atoms with Crippen LogP contribution >= 0.6 is 11.3 Å². The van der Waals surface area contributed by atoms with Crippen LogP contribution in [0.1, 0.15) is 11.1 Å². The number of thiophene rings is 1. The first-order valence-corrected chi connectivity index (χ1v) is 13.6. The number of furan rings is 1. The minimum absolute atomic E-state index is 0.216. The van der Waals surface area contributed by atoms with Gasteiger partial charge in [0, 0.05) is 29.1 Å². The van der Waals surface area contributed by atoms with Gasteiger partial charge in [0.1, 0.15) is 34.6 Å². The average Bonchev–Trinajstić information content (AvgIpc) is 3.79. The van der Waals surface area contributed by atoms with E-state index in [9.17, 15) is 5.26 Å². The molecule has 7 nitrogen and oxygen atoms in total. The summed E-state index contributed by atoms with van der Waals surface area (Å²) < 4.78 is 18.8. The highest BCUT2D eigenvalue weighted by molar-refractivity contribution is 7.13. The van der Waals surface area contributed by atoms with E-state index in [0.29, 0.717) is 16.9 Å². The second-order valence-corrected chi connectivity index (χ2v) is 9.95. The van der Waals surface area contributed by atoms with Crippen LogP contribution in [0.2, 0.25) is 0 Å². The van der Waals surface area contributed by atoms with Crippen LogP contribution in [0.4, 0.5) is 5.88 Å². The van der Waals surface area contributed by atoms with Gasteiger partial charge in [0.05, 0.1) is 24.8 Å². The van der Waals surface area contributed by atoms with E-state index in [4.69, 9.17) is 24.0 Å². The monoisotopic (exact) mass is 556 g/mol. The van der Waals surface area contributed by atoms with E-state index in [2.05, 4.69) is 6.07 Å². The van der Waals surface area contributed by atoms with Crippen molar-refractivity contribution in [2.75, 3.05) is 14.2 Å². The van der Waals surface area contributed by atoms with Gasteiger partial charge in [0.15, 0.2) is 0 Å². The Bertz CT molecular complexity index is 1850. The van der Waals surface area contributed by atoms with Crippen LogP contribution in [-0.2, 0) is 0 Å². The number of benzene rings is 3. The molecule has 0 N–H and O–H groups in total. The van der Waals surface area contributed by atoms with Crippen molar-refractivity contribution in [1.29, 1.82) is 5.26 Å². The fraction of sp³-hybridized carbons (Fsp3) is 0.0606. The number of nitriles is 1. The first kappa shape index (κ1) is 25.9. The molecule has 0 unspecified atom stereocenters. The number of hydrogen-bond acceptors (Lipinski definition) is 7. The van der Waals surface area contributed by atoms with Crippen LogP contribution in [0.25, 0.3) is 38.7 Å². The van der Waals surface area contributed by atoms with Gasteiger partial charge in [-0.15, -0.1) is 11.3 Å². The van der Waals surface area contributed by atoms with Gasteiger partial charge < -0.3 is 13.9 Å². The summed E-state index contributed by atoms with van der Waals surface area (Å²) in [7, 11) is 3.24. The number of hydrogen-bond donors (Lipinski definition) is 0. The second-order valence-electron chi connectivity index (χ2n) is 9.00. The van der Waals surface area contributed by atoms with Gasteiger partial charge in [-0.2, -0.15) is 10.4 Å². The summed E-state index contributed by atoms with van der Waals surface area (Å²) >= 11 is 1.60. The maximum absolute atomic E-state index is 10.3. The van der Waals surface area contributed by atoms with Gasteiger partial charge in [0.2, 0.25) is 5.88 Å². The summed E-state index contributed by atoms with van der Waals surface area (Å²) in [6.07, 6.45) is 3.63. The fourth-order valence-corrected chi connectivity index (χ4v) is 5.25. The number of methoxy groups -OCH3 is 2. The first-order valence-electron chi connectivity index (χ1n) is 12.8. The van der Waals surface area contributed by atoms with E-state index in [1.807, 2.05) is 107 Å². The molecule has 200 valence electrons. The third kappa shape index (κ3) is 5.14. The van der Waals surface area contributed by atoms with E-state index < -0.39 is 0 Å². The van der Waals surface area contributed by atoms with Crippen molar-refractivity contribution >= 4 is 23.4 Å². The molecule has 6 rings (SSSR count). The van der Waals surface area contributed by atoms with Gasteiger partial charge in [-0.25, -0.2) is 9.67 Å². The molecule has 41 heavy (non-hydrogen) atoms. The summed E-state index contributed by atoms with van der Waals surface area (Å²) in [5.74, 6) is 2.20. The zero-order chi connectivity index (χ0) is 28.2. The standard InChI is InChI=1S/C33H24N4O3S/c1-38-26-14-10-22(11-15-26)30-28(19-34)33(40-32(30)23-12-16-27(39-2)17-13-23)35-20-24-21-37(25-7-4-3-5-8-25)36-31(24)29-9-6-18-41-29/h3-18,20-21H,1-2H3. The van der Waals surface area contributed by atoms with Gasteiger partial charge in [-0.1, -0.05) is 36.4 Å². The van der Waals surface area contributed by atoms with Crippen molar-refractivity contribution < 1.29 is 13.9 Å². The molecule has 0 bridgehead atoms. The lowest BCUT2D eigenvalue weighted by atomic mass is 9.98. The Kier molecular flexibility index (Phi) is 7.18. The van der Waals surface area contributed by atoms with Crippen LogP contribution in [0.5, 0.6) is 11.5 Å². The van der Waals surface area contributed by atoms with E-state index in [-0.39, 0.29) is 5.88 Å². The Hall–Kier alpha value is -5.39. The van der Waals surface area contributed by atoms with Gasteiger partial charge >= 0.3 is 0 Å². The molecule has 0 amide bonds. The van der Waals surface area contributed by atoms with Crippen LogP contribution in [0, 0.1) is 11.3 Å². The highest BCUT2D eigenvalue weighted by Crippen LogP contribution is 2.43. The molecule has 0 aliphatic carbocycles. The largest absolute Gasteiger partial charge is 0.497 e. The van der Waals surface area contributed by atoms with Crippen molar-refractivity contribution in [3.63, 3.8) is 0 Å². The van der Waals surface area contributed by atoms with Gasteiger partial charge in [-0.3, -0.25) is 0 Å². The smallest absolute Gasteiger partial charge is 0.238 e. The molecule has 0 aliphatic heterocycles. The van der Waals surface area contributed by atoms with E-state index in [1.165, 1.54) is 0 Å². The number of aliphatic imine (C=N–C) groups is 1. The third-order valence-electron chi connectivity index (χ3n) is 6.57. The highest BCUT2D eigenvalue weighted by atomic mass is 32.1. The fourth-order valence-electron chi connectivity index (χ4n) is 4.52. The lowest BCUT2D eigenvalue weighted by Crippen LogP contribution is -1.93. The molecule has 8 heteroatoms. The van der Waals surface area contributed by atoms with Crippen molar-refractivity contribution in [2.24, 2.45) is 4.99 Å². The molecular formula is C33H24N4O3S. The van der Waals surface area contributed by atoms with Gasteiger partial charge in [-0.05, 0) is 65.5 Å². The molecule has 0 radical (unpaired) electrons. The molecule has 0 atom stereocenters. The minimum atomic E-state index is 0.216. The molecule has 3 heterocycles. The summed E-state index contributed by atoms with van der Waals surface area (Å²) in [5.41, 5.74) is 5.14. The second kappa shape index (κ2) is 11.4. The number of ether oxygens (including phenoxy) is 2. The van der Waals surface area contributed by atoms with Crippen LogP contribution < -0.4 is 9.47 Å².